The Bertz CT molecular complexity index is 80.0. The molecular weight excluding hydrogens is 192 g/mol. The van der Waals surface area contributed by atoms with Gasteiger partial charge in [-0.05, 0) is 12.8 Å². The Labute approximate surface area is 106 Å². The van der Waals surface area contributed by atoms with Crippen LogP contribution in [0.3, 0.4) is 0 Å². The molecule has 0 rings (SSSR count). The van der Waals surface area contributed by atoms with E-state index in [1.54, 1.807) is 0 Å². The Morgan fingerprint density at radius 3 is 1.12 bits per heavy atom. The van der Waals surface area contributed by atoms with Crippen LogP contribution in [0.5, 0.6) is 0 Å². The number of rotatable bonds is 4. The van der Waals surface area contributed by atoms with Gasteiger partial charge in [0.2, 0.25) is 0 Å². The normalized spacial score (nSPS) is 6.88. The van der Waals surface area contributed by atoms with Crippen molar-refractivity contribution in [2.75, 3.05) is 0 Å². The molecule has 0 aromatic rings. The van der Waals surface area contributed by atoms with E-state index in [0.29, 0.717) is 0 Å². The van der Waals surface area contributed by atoms with Crippen molar-refractivity contribution >= 4 is 0 Å². The second-order valence-electron chi connectivity index (χ2n) is 3.54. The van der Waals surface area contributed by atoms with E-state index in [1.165, 1.54) is 32.1 Å². The third-order valence-corrected chi connectivity index (χ3v) is 1.05. The molecule has 0 heterocycles. The Hall–Kier alpha value is -0.520. The lowest BCUT2D eigenvalue weighted by molar-refractivity contribution is 0.816. The highest BCUT2D eigenvalue weighted by atomic mass is 13.8. The first-order valence-electron chi connectivity index (χ1n) is 6.88. The fraction of sp³-hybridized carbons (Fsp3) is 0.750. The Kier molecular flexibility index (Phi) is 72.4. The van der Waals surface area contributed by atoms with Crippen molar-refractivity contribution in [3.05, 3.63) is 25.3 Å². The molecule has 100 valence electrons. The van der Waals surface area contributed by atoms with Gasteiger partial charge in [0.15, 0.2) is 0 Å². The monoisotopic (exact) mass is 228 g/mol. The lowest BCUT2D eigenvalue weighted by Gasteiger charge is -1.81. The number of allylic oxidation sites excluding steroid dienone is 2. The minimum atomic E-state index is 1.08. The molecule has 16 heavy (non-hydrogen) atoms. The van der Waals surface area contributed by atoms with Crippen LogP contribution in [-0.4, -0.2) is 0 Å². The predicted octanol–water partition coefficient (Wildman–Crippen LogP) is 6.78. The van der Waals surface area contributed by atoms with Crippen LogP contribution in [0.15, 0.2) is 25.3 Å². The van der Waals surface area contributed by atoms with Crippen LogP contribution >= 0.6 is 0 Å². The van der Waals surface area contributed by atoms with E-state index in [4.69, 9.17) is 0 Å². The summed E-state index contributed by atoms with van der Waals surface area (Å²) in [5, 5.41) is 0. The van der Waals surface area contributed by atoms with Crippen LogP contribution < -0.4 is 0 Å². The van der Waals surface area contributed by atoms with Crippen LogP contribution in [0.25, 0.3) is 0 Å². The van der Waals surface area contributed by atoms with Crippen molar-refractivity contribution in [2.24, 2.45) is 0 Å². The summed E-state index contributed by atoms with van der Waals surface area (Å²) in [5.74, 6) is 0. The van der Waals surface area contributed by atoms with Gasteiger partial charge in [0.25, 0.3) is 0 Å². The van der Waals surface area contributed by atoms with Crippen LogP contribution in [0.2, 0.25) is 0 Å². The van der Waals surface area contributed by atoms with Crippen LogP contribution in [0, 0.1) is 0 Å². The summed E-state index contributed by atoms with van der Waals surface area (Å²) in [6, 6.07) is 0. The van der Waals surface area contributed by atoms with E-state index in [0.717, 1.165) is 6.42 Å². The van der Waals surface area contributed by atoms with Gasteiger partial charge in [-0.15, -0.1) is 13.2 Å². The summed E-state index contributed by atoms with van der Waals surface area (Å²) >= 11 is 0. The average Bonchev–Trinajstić information content (AvgIpc) is 2.29. The minimum absolute atomic E-state index is 1.08. The van der Waals surface area contributed by atoms with E-state index in [-0.39, 0.29) is 0 Å². The molecule has 0 saturated carbocycles. The first-order chi connectivity index (χ1) is 7.66. The van der Waals surface area contributed by atoms with Gasteiger partial charge in [0.1, 0.15) is 0 Å². The summed E-state index contributed by atoms with van der Waals surface area (Å²) in [6.07, 6.45) is 11.2. The summed E-state index contributed by atoms with van der Waals surface area (Å²) in [5.41, 5.74) is 0. The summed E-state index contributed by atoms with van der Waals surface area (Å²) in [4.78, 5) is 0. The van der Waals surface area contributed by atoms with Crippen LogP contribution in [-0.2, 0) is 0 Å². The molecule has 0 aliphatic heterocycles. The molecule has 0 atom stereocenters. The van der Waals surface area contributed by atoms with Gasteiger partial charge in [-0.25, -0.2) is 0 Å². The van der Waals surface area contributed by atoms with Crippen molar-refractivity contribution in [3.8, 4) is 0 Å². The highest BCUT2D eigenvalue weighted by molar-refractivity contribution is 4.64. The van der Waals surface area contributed by atoms with Gasteiger partial charge >= 0.3 is 0 Å². The second kappa shape index (κ2) is 47.0. The van der Waals surface area contributed by atoms with Crippen molar-refractivity contribution < 1.29 is 0 Å². The molecule has 0 aliphatic carbocycles. The highest BCUT2D eigenvalue weighted by Crippen LogP contribution is 1.91. The van der Waals surface area contributed by atoms with Gasteiger partial charge in [-0.1, -0.05) is 79.4 Å². The number of unbranched alkanes of at least 4 members (excludes halogenated alkanes) is 2. The van der Waals surface area contributed by atoms with Gasteiger partial charge < -0.3 is 0 Å². The van der Waals surface area contributed by atoms with Crippen molar-refractivity contribution in [3.63, 3.8) is 0 Å². The quantitative estimate of drug-likeness (QED) is 0.367. The third-order valence-electron chi connectivity index (χ3n) is 1.05. The maximum Gasteiger partial charge on any atom is -0.0354 e. The molecule has 0 fully saturated rings. The molecule has 0 aliphatic rings. The molecule has 0 aromatic carbocycles. The van der Waals surface area contributed by atoms with Crippen molar-refractivity contribution in [2.45, 2.75) is 80.1 Å². The molecule has 0 nitrogen and oxygen atoms in total. The van der Waals surface area contributed by atoms with Crippen molar-refractivity contribution in [1.29, 1.82) is 0 Å². The topological polar surface area (TPSA) is 0 Å². The fourth-order valence-electron chi connectivity index (χ4n) is 0.348. The summed E-state index contributed by atoms with van der Waals surface area (Å²) in [6.45, 7) is 19.8. The second-order valence-corrected chi connectivity index (χ2v) is 3.54. The zero-order chi connectivity index (χ0) is 13.7. The minimum Gasteiger partial charge on any atom is -0.103 e. The zero-order valence-corrected chi connectivity index (χ0v) is 12.8. The summed E-state index contributed by atoms with van der Waals surface area (Å²) in [7, 11) is 0. The van der Waals surface area contributed by atoms with E-state index < -0.39 is 0 Å². The lowest BCUT2D eigenvalue weighted by Crippen LogP contribution is -1.61. The fourth-order valence-corrected chi connectivity index (χ4v) is 0.348. The van der Waals surface area contributed by atoms with Gasteiger partial charge in [0, 0.05) is 0 Å². The van der Waals surface area contributed by atoms with E-state index in [1.807, 2.05) is 12.2 Å². The molecule has 0 radical (unpaired) electrons. The molecule has 0 spiro atoms. The average molecular weight is 228 g/mol. The Morgan fingerprint density at radius 1 is 0.750 bits per heavy atom. The number of hydrogen-bond acceptors (Lipinski definition) is 0. The standard InChI is InChI=1S/C6H12.C4H8.2C3H8/c1-3-5-6-4-2;1-3-4-2;2*1-3-2/h3H,1,4-6H2,2H3;3H,1,4H2,2H3;2*3H2,1-2H3. The van der Waals surface area contributed by atoms with Crippen LogP contribution in [0.4, 0.5) is 0 Å². The molecule has 0 unspecified atom stereocenters. The molecule has 0 N–H and O–H groups in total. The molecular formula is C16H36. The van der Waals surface area contributed by atoms with E-state index in [2.05, 4.69) is 54.7 Å². The molecule has 0 bridgehead atoms. The molecule has 0 heteroatoms. The molecule has 0 saturated heterocycles. The molecule has 0 amide bonds. The van der Waals surface area contributed by atoms with Crippen LogP contribution in [0.1, 0.15) is 80.1 Å². The smallest absolute Gasteiger partial charge is 0.0354 e. The first-order valence-corrected chi connectivity index (χ1v) is 6.88. The Morgan fingerprint density at radius 2 is 1.06 bits per heavy atom. The van der Waals surface area contributed by atoms with E-state index >= 15 is 0 Å². The zero-order valence-electron chi connectivity index (χ0n) is 12.8. The van der Waals surface area contributed by atoms with E-state index in [9.17, 15) is 0 Å². The predicted molar refractivity (Wildman–Crippen MR) is 82.1 cm³/mol. The Balaban J connectivity index is -0.0000000635. The largest absolute Gasteiger partial charge is 0.103 e. The first kappa shape index (κ1) is 24.6. The summed E-state index contributed by atoms with van der Waals surface area (Å²) < 4.78 is 0. The maximum atomic E-state index is 3.60. The van der Waals surface area contributed by atoms with Crippen molar-refractivity contribution in [1.82, 2.24) is 0 Å². The van der Waals surface area contributed by atoms with Gasteiger partial charge in [-0.3, -0.25) is 0 Å². The molecule has 0 aromatic heterocycles. The SMILES string of the molecule is C=CCC.C=CCCCC.CCC.CCC. The third kappa shape index (κ3) is 173. The van der Waals surface area contributed by atoms with Gasteiger partial charge in [-0.2, -0.15) is 0 Å². The maximum absolute atomic E-state index is 3.60. The lowest BCUT2D eigenvalue weighted by atomic mass is 10.3. The highest BCUT2D eigenvalue weighted by Gasteiger charge is 1.71. The number of hydrogen-bond donors (Lipinski definition) is 0. The van der Waals surface area contributed by atoms with Gasteiger partial charge in [0.05, 0.1) is 0 Å².